The van der Waals surface area contributed by atoms with Gasteiger partial charge in [-0.05, 0) is 63.9 Å². The molecule has 122 valence electrons. The van der Waals surface area contributed by atoms with Crippen molar-refractivity contribution in [1.82, 2.24) is 4.98 Å². The number of pyridine rings is 1. The summed E-state index contributed by atoms with van der Waals surface area (Å²) in [6.45, 7) is 9.60. The molecule has 0 saturated carbocycles. The van der Waals surface area contributed by atoms with Crippen LogP contribution in [0.3, 0.4) is 0 Å². The number of hydrogen-bond acceptors (Lipinski definition) is 4. The average molecular weight is 313 g/mol. The van der Waals surface area contributed by atoms with Crippen molar-refractivity contribution < 1.29 is 9.53 Å². The van der Waals surface area contributed by atoms with E-state index >= 15 is 0 Å². The Bertz CT molecular complexity index is 688. The number of aromatic nitrogens is 1. The molecule has 5 nitrogen and oxygen atoms in total. The predicted octanol–water partition coefficient (Wildman–Crippen LogP) is 4.79. The molecule has 0 atom stereocenters. The lowest BCUT2D eigenvalue weighted by molar-refractivity contribution is 0.0635. The largest absolute Gasteiger partial charge is 0.444 e. The van der Waals surface area contributed by atoms with Crippen molar-refractivity contribution in [2.24, 2.45) is 0 Å². The molecule has 0 saturated heterocycles. The summed E-state index contributed by atoms with van der Waals surface area (Å²) in [6.07, 6.45) is 1.16. The van der Waals surface area contributed by atoms with Crippen LogP contribution < -0.4 is 10.6 Å². The number of carbonyl (C=O) groups excluding carboxylic acids is 1. The number of aryl methyl sites for hydroxylation is 1. The van der Waals surface area contributed by atoms with Crippen LogP contribution in [-0.4, -0.2) is 16.7 Å². The number of nitrogens with one attached hydrogen (secondary N) is 2. The first-order valence-electron chi connectivity index (χ1n) is 7.54. The van der Waals surface area contributed by atoms with Crippen LogP contribution in [0.2, 0.25) is 0 Å². The molecule has 0 radical (unpaired) electrons. The molecular weight excluding hydrogens is 290 g/mol. The Morgan fingerprint density at radius 2 is 1.87 bits per heavy atom. The van der Waals surface area contributed by atoms with Crippen molar-refractivity contribution in [3.8, 4) is 0 Å². The average Bonchev–Trinajstić information content (AvgIpc) is 2.44. The Hall–Kier alpha value is -2.56. The van der Waals surface area contributed by atoms with Crippen LogP contribution in [0.15, 0.2) is 36.5 Å². The Morgan fingerprint density at radius 1 is 1.13 bits per heavy atom. The molecule has 2 N–H and O–H groups in total. The van der Waals surface area contributed by atoms with E-state index in [1.807, 2.05) is 39.0 Å². The van der Waals surface area contributed by atoms with Crippen LogP contribution >= 0.6 is 0 Å². The lowest BCUT2D eigenvalue weighted by Crippen LogP contribution is -2.27. The summed E-state index contributed by atoms with van der Waals surface area (Å²) in [5.41, 5.74) is 3.79. The van der Waals surface area contributed by atoms with Crippen molar-refractivity contribution >= 4 is 23.3 Å². The molecule has 1 aromatic heterocycles. The van der Waals surface area contributed by atoms with Crippen LogP contribution in [0.25, 0.3) is 0 Å². The zero-order chi connectivity index (χ0) is 17.0. The van der Waals surface area contributed by atoms with Crippen molar-refractivity contribution in [3.05, 3.63) is 47.7 Å². The Morgan fingerprint density at radius 3 is 2.48 bits per heavy atom. The molecule has 23 heavy (non-hydrogen) atoms. The maximum Gasteiger partial charge on any atom is 0.413 e. The third-order valence-electron chi connectivity index (χ3n) is 3.28. The fourth-order valence-electron chi connectivity index (χ4n) is 1.99. The second kappa shape index (κ2) is 6.69. The maximum atomic E-state index is 11.7. The van der Waals surface area contributed by atoms with Crippen LogP contribution in [-0.2, 0) is 4.74 Å². The summed E-state index contributed by atoms with van der Waals surface area (Å²) in [4.78, 5) is 15.9. The molecule has 1 heterocycles. The minimum Gasteiger partial charge on any atom is -0.444 e. The molecular formula is C18H23N3O2. The lowest BCUT2D eigenvalue weighted by atomic mass is 10.1. The number of anilines is 3. The third kappa shape index (κ3) is 4.98. The van der Waals surface area contributed by atoms with E-state index in [1.165, 1.54) is 11.1 Å². The number of amides is 1. The van der Waals surface area contributed by atoms with E-state index in [2.05, 4.69) is 35.5 Å². The maximum absolute atomic E-state index is 11.7. The predicted molar refractivity (Wildman–Crippen MR) is 93.3 cm³/mol. The van der Waals surface area contributed by atoms with Gasteiger partial charge in [-0.25, -0.2) is 9.78 Å². The molecule has 1 amide bonds. The van der Waals surface area contributed by atoms with Gasteiger partial charge in [-0.3, -0.25) is 5.32 Å². The third-order valence-corrected chi connectivity index (χ3v) is 3.28. The molecule has 0 fully saturated rings. The Balaban J connectivity index is 2.02. The van der Waals surface area contributed by atoms with E-state index in [1.54, 1.807) is 12.3 Å². The van der Waals surface area contributed by atoms with E-state index in [0.717, 1.165) is 11.4 Å². The highest BCUT2D eigenvalue weighted by atomic mass is 16.6. The lowest BCUT2D eigenvalue weighted by Gasteiger charge is -2.19. The molecule has 0 aliphatic rings. The zero-order valence-electron chi connectivity index (χ0n) is 14.2. The first-order chi connectivity index (χ1) is 10.7. The number of carbonyl (C=O) groups is 1. The number of rotatable bonds is 3. The van der Waals surface area contributed by atoms with Crippen molar-refractivity contribution in [3.63, 3.8) is 0 Å². The minimum atomic E-state index is -0.533. The Kier molecular flexibility index (Phi) is 4.89. The molecule has 0 aliphatic heterocycles. The summed E-state index contributed by atoms with van der Waals surface area (Å²) in [6, 6.07) is 9.71. The fourth-order valence-corrected chi connectivity index (χ4v) is 1.99. The normalized spacial score (nSPS) is 11.0. The second-order valence-corrected chi connectivity index (χ2v) is 6.43. The fraction of sp³-hybridized carbons (Fsp3) is 0.333. The van der Waals surface area contributed by atoms with Gasteiger partial charge in [0.2, 0.25) is 0 Å². The highest BCUT2D eigenvalue weighted by molar-refractivity contribution is 5.83. The van der Waals surface area contributed by atoms with Gasteiger partial charge in [0.25, 0.3) is 0 Å². The van der Waals surface area contributed by atoms with Crippen molar-refractivity contribution in [2.45, 2.75) is 40.2 Å². The second-order valence-electron chi connectivity index (χ2n) is 6.43. The van der Waals surface area contributed by atoms with Gasteiger partial charge in [-0.1, -0.05) is 12.1 Å². The highest BCUT2D eigenvalue weighted by Gasteiger charge is 2.16. The van der Waals surface area contributed by atoms with E-state index in [-0.39, 0.29) is 0 Å². The molecule has 1 aromatic carbocycles. The van der Waals surface area contributed by atoms with Crippen LogP contribution in [0, 0.1) is 13.8 Å². The molecule has 0 spiro atoms. The number of hydrogen-bond donors (Lipinski definition) is 2. The van der Waals surface area contributed by atoms with Gasteiger partial charge < -0.3 is 10.1 Å². The van der Waals surface area contributed by atoms with Gasteiger partial charge in [0, 0.05) is 5.69 Å². The molecule has 2 aromatic rings. The monoisotopic (exact) mass is 313 g/mol. The minimum absolute atomic E-state index is 0.450. The van der Waals surface area contributed by atoms with Gasteiger partial charge in [-0.2, -0.15) is 0 Å². The quantitative estimate of drug-likeness (QED) is 0.855. The molecule has 0 aliphatic carbocycles. The van der Waals surface area contributed by atoms with Crippen LogP contribution in [0.5, 0.6) is 0 Å². The van der Waals surface area contributed by atoms with Gasteiger partial charge in [0.05, 0.1) is 11.9 Å². The first kappa shape index (κ1) is 16.8. The van der Waals surface area contributed by atoms with Gasteiger partial charge >= 0.3 is 6.09 Å². The van der Waals surface area contributed by atoms with E-state index < -0.39 is 11.7 Å². The van der Waals surface area contributed by atoms with Crippen LogP contribution in [0.1, 0.15) is 31.9 Å². The smallest absolute Gasteiger partial charge is 0.413 e. The molecule has 5 heteroatoms. The number of ether oxygens (including phenoxy) is 1. The van der Waals surface area contributed by atoms with Gasteiger partial charge in [0.1, 0.15) is 11.4 Å². The standard InChI is InChI=1S/C18H23N3O2/c1-12-7-6-8-15(13(12)2)20-14-9-10-16(19-11-14)21-17(22)23-18(3,4)5/h6-11,20H,1-5H3,(H,19,21,22). The Labute approximate surface area is 137 Å². The van der Waals surface area contributed by atoms with E-state index in [9.17, 15) is 4.79 Å². The summed E-state index contributed by atoms with van der Waals surface area (Å²) < 4.78 is 5.19. The van der Waals surface area contributed by atoms with Gasteiger partial charge in [0.15, 0.2) is 0 Å². The van der Waals surface area contributed by atoms with Gasteiger partial charge in [-0.15, -0.1) is 0 Å². The number of benzene rings is 1. The van der Waals surface area contributed by atoms with E-state index in [0.29, 0.717) is 5.82 Å². The van der Waals surface area contributed by atoms with Crippen molar-refractivity contribution in [1.29, 1.82) is 0 Å². The molecule has 2 rings (SSSR count). The first-order valence-corrected chi connectivity index (χ1v) is 7.54. The summed E-state index contributed by atoms with van der Waals surface area (Å²) in [7, 11) is 0. The number of nitrogens with zero attached hydrogens (tertiary/aromatic N) is 1. The highest BCUT2D eigenvalue weighted by Crippen LogP contribution is 2.23. The summed E-state index contributed by atoms with van der Waals surface area (Å²) >= 11 is 0. The molecule has 0 unspecified atom stereocenters. The van der Waals surface area contributed by atoms with Crippen LogP contribution in [0.4, 0.5) is 22.0 Å². The molecule has 0 bridgehead atoms. The topological polar surface area (TPSA) is 63.2 Å². The summed E-state index contributed by atoms with van der Waals surface area (Å²) in [5.74, 6) is 0.450. The van der Waals surface area contributed by atoms with Crippen molar-refractivity contribution in [2.75, 3.05) is 10.6 Å². The summed E-state index contributed by atoms with van der Waals surface area (Å²) in [5, 5.41) is 5.94. The van der Waals surface area contributed by atoms with E-state index in [4.69, 9.17) is 4.74 Å². The SMILES string of the molecule is Cc1cccc(Nc2ccc(NC(=O)OC(C)(C)C)nc2)c1C. The zero-order valence-corrected chi connectivity index (χ0v) is 14.2.